The smallest absolute Gasteiger partial charge is 0.322 e. The topological polar surface area (TPSA) is 55.1 Å². The Labute approximate surface area is 126 Å². The van der Waals surface area contributed by atoms with Crippen molar-refractivity contribution >= 4 is 24.0 Å². The van der Waals surface area contributed by atoms with Crippen molar-refractivity contribution in [1.29, 1.82) is 0 Å². The van der Waals surface area contributed by atoms with Crippen LogP contribution in [0.3, 0.4) is 0 Å². The summed E-state index contributed by atoms with van der Waals surface area (Å²) < 4.78 is 51.1. The van der Waals surface area contributed by atoms with E-state index < -0.39 is 34.7 Å². The molecule has 0 saturated heterocycles. The summed E-state index contributed by atoms with van der Waals surface area (Å²) in [7, 11) is 0. The monoisotopic (exact) mass is 328 g/mol. The Morgan fingerprint density at radius 1 is 1.33 bits per heavy atom. The Balaban J connectivity index is 0.00000400. The van der Waals surface area contributed by atoms with Crippen LogP contribution in [-0.4, -0.2) is 11.4 Å². The standard InChI is InChI=1S/C13H16F4N2O.ClH/c1-3-6-12(2,18)11(20)19-10-7-8(13(15,16)17)4-5-9(10)14;/h4-5,7H,3,6,18H2,1-2H3,(H,19,20);1H. The third kappa shape index (κ3) is 5.17. The minimum atomic E-state index is -4.61. The summed E-state index contributed by atoms with van der Waals surface area (Å²) in [6, 6.07) is 1.82. The van der Waals surface area contributed by atoms with E-state index in [0.29, 0.717) is 31.0 Å². The van der Waals surface area contributed by atoms with Gasteiger partial charge < -0.3 is 11.1 Å². The molecule has 0 saturated carbocycles. The first-order valence-electron chi connectivity index (χ1n) is 6.05. The van der Waals surface area contributed by atoms with Crippen LogP contribution in [0.1, 0.15) is 32.3 Å². The van der Waals surface area contributed by atoms with Crippen LogP contribution >= 0.6 is 12.4 Å². The van der Waals surface area contributed by atoms with E-state index >= 15 is 0 Å². The molecule has 0 bridgehead atoms. The average Bonchev–Trinajstić information content (AvgIpc) is 2.30. The normalized spacial score (nSPS) is 14.0. The van der Waals surface area contributed by atoms with Gasteiger partial charge in [0.15, 0.2) is 0 Å². The van der Waals surface area contributed by atoms with E-state index in [1.54, 1.807) is 0 Å². The molecule has 8 heteroatoms. The van der Waals surface area contributed by atoms with Gasteiger partial charge in [0.1, 0.15) is 5.82 Å². The highest BCUT2D eigenvalue weighted by atomic mass is 35.5. The largest absolute Gasteiger partial charge is 0.416 e. The molecule has 1 atom stereocenters. The van der Waals surface area contributed by atoms with Crippen LogP contribution in [0.4, 0.5) is 23.2 Å². The summed E-state index contributed by atoms with van der Waals surface area (Å²) in [5.74, 6) is -1.67. The highest BCUT2D eigenvalue weighted by Crippen LogP contribution is 2.32. The molecule has 1 aromatic carbocycles. The number of anilines is 1. The van der Waals surface area contributed by atoms with Crippen molar-refractivity contribution in [3.05, 3.63) is 29.6 Å². The van der Waals surface area contributed by atoms with Crippen LogP contribution in [-0.2, 0) is 11.0 Å². The van der Waals surface area contributed by atoms with E-state index in [2.05, 4.69) is 5.32 Å². The SMILES string of the molecule is CCCC(C)(N)C(=O)Nc1cc(C(F)(F)F)ccc1F.Cl. The highest BCUT2D eigenvalue weighted by molar-refractivity contribution is 5.97. The van der Waals surface area contributed by atoms with Gasteiger partial charge in [-0.1, -0.05) is 13.3 Å². The summed E-state index contributed by atoms with van der Waals surface area (Å²) in [5, 5.41) is 2.11. The Kier molecular flexibility index (Phi) is 6.63. The molecule has 0 radical (unpaired) electrons. The van der Waals surface area contributed by atoms with Crippen molar-refractivity contribution in [2.45, 2.75) is 38.4 Å². The maximum Gasteiger partial charge on any atom is 0.416 e. The molecule has 1 rings (SSSR count). The molecule has 1 unspecified atom stereocenters. The summed E-state index contributed by atoms with van der Waals surface area (Å²) in [5.41, 5.74) is 2.90. The molecule has 0 fully saturated rings. The molecule has 3 nitrogen and oxygen atoms in total. The van der Waals surface area contributed by atoms with Gasteiger partial charge in [0.25, 0.3) is 0 Å². The van der Waals surface area contributed by atoms with E-state index in [1.165, 1.54) is 6.92 Å². The summed E-state index contributed by atoms with van der Waals surface area (Å²) in [6.07, 6.45) is -3.66. The van der Waals surface area contributed by atoms with Gasteiger partial charge in [-0.15, -0.1) is 12.4 Å². The van der Waals surface area contributed by atoms with E-state index in [-0.39, 0.29) is 12.4 Å². The molecule has 0 aliphatic heterocycles. The molecule has 1 amide bonds. The minimum Gasteiger partial charge on any atom is -0.322 e. The van der Waals surface area contributed by atoms with Crippen LogP contribution in [0.15, 0.2) is 18.2 Å². The van der Waals surface area contributed by atoms with Crippen LogP contribution in [0.2, 0.25) is 0 Å². The third-order valence-electron chi connectivity index (χ3n) is 2.83. The number of nitrogens with two attached hydrogens (primary N) is 1. The molecular weight excluding hydrogens is 312 g/mol. The maximum atomic E-state index is 13.5. The predicted molar refractivity (Wildman–Crippen MR) is 74.8 cm³/mol. The van der Waals surface area contributed by atoms with Crippen molar-refractivity contribution in [3.63, 3.8) is 0 Å². The molecule has 3 N–H and O–H groups in total. The van der Waals surface area contributed by atoms with Crippen molar-refractivity contribution < 1.29 is 22.4 Å². The molecule has 0 spiro atoms. The molecule has 0 aliphatic rings. The molecule has 1 aromatic rings. The second-order valence-corrected chi connectivity index (χ2v) is 4.81. The lowest BCUT2D eigenvalue weighted by Gasteiger charge is -2.23. The highest BCUT2D eigenvalue weighted by Gasteiger charge is 2.32. The zero-order chi connectivity index (χ0) is 15.6. The fraction of sp³-hybridized carbons (Fsp3) is 0.462. The van der Waals surface area contributed by atoms with Gasteiger partial charge in [0.05, 0.1) is 16.8 Å². The van der Waals surface area contributed by atoms with Gasteiger partial charge >= 0.3 is 6.18 Å². The number of benzene rings is 1. The number of halogens is 5. The van der Waals surface area contributed by atoms with E-state index in [1.807, 2.05) is 6.92 Å². The van der Waals surface area contributed by atoms with Crippen molar-refractivity contribution in [2.24, 2.45) is 5.73 Å². The maximum absolute atomic E-state index is 13.5. The molecule has 21 heavy (non-hydrogen) atoms. The molecular formula is C13H17ClF4N2O. The third-order valence-corrected chi connectivity index (χ3v) is 2.83. The number of hydrogen-bond acceptors (Lipinski definition) is 2. The molecule has 0 aliphatic carbocycles. The van der Waals surface area contributed by atoms with Crippen LogP contribution in [0.25, 0.3) is 0 Å². The lowest BCUT2D eigenvalue weighted by atomic mass is 9.96. The van der Waals surface area contributed by atoms with Gasteiger partial charge in [0, 0.05) is 0 Å². The van der Waals surface area contributed by atoms with Crippen molar-refractivity contribution in [3.8, 4) is 0 Å². The fourth-order valence-corrected chi connectivity index (χ4v) is 1.70. The van der Waals surface area contributed by atoms with Gasteiger partial charge in [-0.2, -0.15) is 13.2 Å². The number of carbonyl (C=O) groups is 1. The number of rotatable bonds is 4. The second kappa shape index (κ2) is 7.09. The van der Waals surface area contributed by atoms with Crippen LogP contribution in [0.5, 0.6) is 0 Å². The van der Waals surface area contributed by atoms with E-state index in [4.69, 9.17) is 5.73 Å². The molecule has 120 valence electrons. The van der Waals surface area contributed by atoms with Gasteiger partial charge in [0.2, 0.25) is 5.91 Å². The lowest BCUT2D eigenvalue weighted by molar-refractivity contribution is -0.137. The Bertz CT molecular complexity index is 503. The second-order valence-electron chi connectivity index (χ2n) is 4.81. The zero-order valence-electron chi connectivity index (χ0n) is 11.6. The molecule has 0 heterocycles. The number of alkyl halides is 3. The van der Waals surface area contributed by atoms with Crippen LogP contribution < -0.4 is 11.1 Å². The Morgan fingerprint density at radius 2 is 1.90 bits per heavy atom. The summed E-state index contributed by atoms with van der Waals surface area (Å²) >= 11 is 0. The quantitative estimate of drug-likeness (QED) is 0.828. The first-order valence-corrected chi connectivity index (χ1v) is 6.05. The van der Waals surface area contributed by atoms with Crippen LogP contribution in [0, 0.1) is 5.82 Å². The predicted octanol–water partition coefficient (Wildman–Crippen LogP) is 3.72. The first-order chi connectivity index (χ1) is 9.08. The molecule has 0 aromatic heterocycles. The number of carbonyl (C=O) groups excluding carboxylic acids is 1. The number of hydrogen-bond donors (Lipinski definition) is 2. The fourth-order valence-electron chi connectivity index (χ4n) is 1.70. The van der Waals surface area contributed by atoms with Gasteiger partial charge in [-0.05, 0) is 31.5 Å². The van der Waals surface area contributed by atoms with Gasteiger partial charge in [-0.25, -0.2) is 4.39 Å². The Morgan fingerprint density at radius 3 is 2.38 bits per heavy atom. The zero-order valence-corrected chi connectivity index (χ0v) is 12.4. The number of nitrogens with one attached hydrogen (secondary N) is 1. The summed E-state index contributed by atoms with van der Waals surface area (Å²) in [6.45, 7) is 3.25. The Hall–Kier alpha value is -1.34. The average molecular weight is 329 g/mol. The van der Waals surface area contributed by atoms with Gasteiger partial charge in [-0.3, -0.25) is 4.79 Å². The van der Waals surface area contributed by atoms with E-state index in [9.17, 15) is 22.4 Å². The van der Waals surface area contributed by atoms with Crippen molar-refractivity contribution in [1.82, 2.24) is 0 Å². The number of amides is 1. The van der Waals surface area contributed by atoms with Crippen molar-refractivity contribution in [2.75, 3.05) is 5.32 Å². The first kappa shape index (κ1) is 19.7. The minimum absolute atomic E-state index is 0. The van der Waals surface area contributed by atoms with E-state index in [0.717, 1.165) is 0 Å². The lowest BCUT2D eigenvalue weighted by Crippen LogP contribution is -2.48. The summed E-state index contributed by atoms with van der Waals surface area (Å²) in [4.78, 5) is 11.9.